The van der Waals surface area contributed by atoms with Crippen LogP contribution in [-0.2, 0) is 29.6 Å². The molecule has 42 heavy (non-hydrogen) atoms. The van der Waals surface area contributed by atoms with Gasteiger partial charge in [-0.25, -0.2) is 0 Å². The molecule has 2 aliphatic heterocycles. The van der Waals surface area contributed by atoms with E-state index < -0.39 is 17.1 Å². The van der Waals surface area contributed by atoms with E-state index in [2.05, 4.69) is 51.2 Å². The largest absolute Gasteiger partial charge is 0.504 e. The Morgan fingerprint density at radius 1 is 1.10 bits per heavy atom. The molecule has 1 saturated carbocycles. The number of rotatable bonds is 5. The van der Waals surface area contributed by atoms with Gasteiger partial charge in [-0.2, -0.15) is 0 Å². The molecule has 3 aromatic carbocycles. The first-order chi connectivity index (χ1) is 20.4. The van der Waals surface area contributed by atoms with Crippen LogP contribution in [0.3, 0.4) is 0 Å². The van der Waals surface area contributed by atoms with Crippen LogP contribution in [-0.4, -0.2) is 50.3 Å². The molecule has 9 rings (SSSR count). The maximum absolute atomic E-state index is 13.2. The zero-order valence-electron chi connectivity index (χ0n) is 23.8. The predicted molar refractivity (Wildman–Crippen MR) is 160 cm³/mol. The highest BCUT2D eigenvalue weighted by Gasteiger charge is 2.73. The lowest BCUT2D eigenvalue weighted by Crippen LogP contribution is -2.74. The van der Waals surface area contributed by atoms with Gasteiger partial charge in [0.2, 0.25) is 5.91 Å². The molecule has 0 radical (unpaired) electrons. The molecular weight excluding hydrogens is 526 g/mol. The van der Waals surface area contributed by atoms with Gasteiger partial charge in [-0.15, -0.1) is 0 Å². The van der Waals surface area contributed by atoms with Crippen LogP contribution in [0.1, 0.15) is 60.2 Å². The van der Waals surface area contributed by atoms with E-state index in [9.17, 15) is 15.0 Å². The molecule has 7 heteroatoms. The van der Waals surface area contributed by atoms with Crippen LogP contribution in [0, 0.1) is 5.92 Å². The summed E-state index contributed by atoms with van der Waals surface area (Å²) in [6.07, 6.45) is 4.23. The number of amides is 1. The highest BCUT2D eigenvalue weighted by molar-refractivity contribution is 5.90. The molecule has 1 aromatic heterocycles. The summed E-state index contributed by atoms with van der Waals surface area (Å²) in [5, 5.41) is 28.5. The van der Waals surface area contributed by atoms with Gasteiger partial charge in [0.25, 0.3) is 0 Å². The monoisotopic (exact) mass is 561 g/mol. The van der Waals surface area contributed by atoms with Crippen LogP contribution in [0.2, 0.25) is 0 Å². The average molecular weight is 562 g/mol. The number of ether oxygens (including phenoxy) is 1. The molecule has 1 saturated heterocycles. The molecule has 1 spiro atoms. The number of carbonyl (C=O) groups is 1. The van der Waals surface area contributed by atoms with Crippen LogP contribution in [0.25, 0.3) is 10.9 Å². The summed E-state index contributed by atoms with van der Waals surface area (Å²) >= 11 is 0. The maximum atomic E-state index is 13.2. The summed E-state index contributed by atoms with van der Waals surface area (Å²) in [6.45, 7) is 4.04. The lowest BCUT2D eigenvalue weighted by Gasteiger charge is -2.63. The quantitative estimate of drug-likeness (QED) is 0.317. The summed E-state index contributed by atoms with van der Waals surface area (Å²) in [6, 6.07) is 20.2. The first-order valence-corrected chi connectivity index (χ1v) is 15.3. The van der Waals surface area contributed by atoms with Crippen molar-refractivity contribution in [3.05, 3.63) is 88.6 Å². The number of nitrogens with zero attached hydrogens (tertiary/aromatic N) is 2. The van der Waals surface area contributed by atoms with Crippen molar-refractivity contribution in [2.75, 3.05) is 18.4 Å². The number of carbonyl (C=O) groups excluding carboxylic acids is 1. The highest BCUT2D eigenvalue weighted by atomic mass is 16.5. The van der Waals surface area contributed by atoms with Crippen molar-refractivity contribution in [1.82, 2.24) is 9.47 Å². The predicted octanol–water partition coefficient (Wildman–Crippen LogP) is 5.05. The van der Waals surface area contributed by atoms with E-state index in [-0.39, 0.29) is 17.7 Å². The Morgan fingerprint density at radius 3 is 2.74 bits per heavy atom. The number of aromatic nitrogens is 1. The van der Waals surface area contributed by atoms with Crippen LogP contribution in [0.5, 0.6) is 11.5 Å². The number of fused-ring (bicyclic) bond motifs is 4. The minimum atomic E-state index is -1.02. The molecule has 3 aliphatic carbocycles. The third-order valence-corrected chi connectivity index (χ3v) is 11.0. The fourth-order valence-corrected chi connectivity index (χ4v) is 9.11. The second-order valence-corrected chi connectivity index (χ2v) is 13.2. The minimum Gasteiger partial charge on any atom is -0.504 e. The van der Waals surface area contributed by atoms with Crippen molar-refractivity contribution >= 4 is 22.5 Å². The van der Waals surface area contributed by atoms with Gasteiger partial charge in [0.1, 0.15) is 0 Å². The van der Waals surface area contributed by atoms with Gasteiger partial charge in [0.15, 0.2) is 17.6 Å². The Kier molecular flexibility index (Phi) is 4.95. The number of benzene rings is 3. The van der Waals surface area contributed by atoms with Crippen molar-refractivity contribution in [2.24, 2.45) is 5.92 Å². The molecule has 4 aromatic rings. The second-order valence-electron chi connectivity index (χ2n) is 13.2. The SMILES string of the molecule is CC(=O)Nc1ccccc1Cn1c2c(c3ccccc31)C[C@@]1(O)[C@@H]3Cc4ccc(O)c5c4[C@@]1(CCN3CC1CC1)[C@H]2O5. The number of piperidine rings is 1. The van der Waals surface area contributed by atoms with Crippen LogP contribution in [0.15, 0.2) is 60.7 Å². The summed E-state index contributed by atoms with van der Waals surface area (Å²) in [4.78, 5) is 14.6. The van der Waals surface area contributed by atoms with Crippen LogP contribution in [0.4, 0.5) is 5.69 Å². The summed E-state index contributed by atoms with van der Waals surface area (Å²) in [5.74, 6) is 1.33. The smallest absolute Gasteiger partial charge is 0.221 e. The zero-order chi connectivity index (χ0) is 28.4. The number of likely N-dealkylation sites (tertiary alicyclic amines) is 1. The molecule has 4 atom stereocenters. The van der Waals surface area contributed by atoms with E-state index in [0.717, 1.165) is 70.8 Å². The standard InChI is InChI=1S/C35H35N3O4/c1-20(39)36-26-8-4-2-6-23(26)19-38-27-9-5-3-7-24(27)25-17-35(41)29-16-22-12-13-28(40)32-30(22)34(35,33(42-32)31(25)38)14-15-37(29)18-21-10-11-21/h2-9,12-13,21,29,33,40-41H,10-11,14-19H2,1H3,(H,36,39)/t29-,33-,34-,35+/m0/s1. The number of hydrogen-bond acceptors (Lipinski definition) is 5. The van der Waals surface area contributed by atoms with Crippen LogP contribution >= 0.6 is 0 Å². The van der Waals surface area contributed by atoms with Gasteiger partial charge >= 0.3 is 0 Å². The van der Waals surface area contributed by atoms with Crippen molar-refractivity contribution in [1.29, 1.82) is 0 Å². The summed E-state index contributed by atoms with van der Waals surface area (Å²) < 4.78 is 9.25. The Hall–Kier alpha value is -3.81. The first kappa shape index (κ1) is 24.8. The molecule has 1 amide bonds. The zero-order valence-corrected chi connectivity index (χ0v) is 23.8. The Balaban J connectivity index is 1.28. The van der Waals surface area contributed by atoms with Gasteiger partial charge in [-0.05, 0) is 73.0 Å². The molecule has 5 aliphatic rings. The lowest BCUT2D eigenvalue weighted by molar-refractivity contribution is -0.173. The third kappa shape index (κ3) is 3.10. The minimum absolute atomic E-state index is 0.00306. The van der Waals surface area contributed by atoms with E-state index in [1.54, 1.807) is 6.07 Å². The van der Waals surface area contributed by atoms with Gasteiger partial charge < -0.3 is 24.8 Å². The highest BCUT2D eigenvalue weighted by Crippen LogP contribution is 2.69. The number of anilines is 1. The van der Waals surface area contributed by atoms with E-state index in [0.29, 0.717) is 18.7 Å². The number of para-hydroxylation sites is 2. The second kappa shape index (κ2) is 8.39. The number of hydrogen-bond donors (Lipinski definition) is 3. The lowest BCUT2D eigenvalue weighted by atomic mass is 9.49. The molecular formula is C35H35N3O4. The summed E-state index contributed by atoms with van der Waals surface area (Å²) in [7, 11) is 0. The Morgan fingerprint density at radius 2 is 1.90 bits per heavy atom. The van der Waals surface area contributed by atoms with Crippen molar-refractivity contribution in [3.63, 3.8) is 0 Å². The molecule has 2 bridgehead atoms. The topological polar surface area (TPSA) is 87.0 Å². The van der Waals surface area contributed by atoms with E-state index in [1.807, 2.05) is 18.2 Å². The molecule has 2 fully saturated rings. The Labute approximate surface area is 244 Å². The van der Waals surface area contributed by atoms with Gasteiger partial charge in [-0.1, -0.05) is 42.5 Å². The molecule has 3 heterocycles. The van der Waals surface area contributed by atoms with Crippen molar-refractivity contribution in [3.8, 4) is 11.5 Å². The van der Waals surface area contributed by atoms with Gasteiger partial charge in [0, 0.05) is 48.1 Å². The molecule has 0 unspecified atom stereocenters. The fourth-order valence-electron chi connectivity index (χ4n) is 9.11. The third-order valence-electron chi connectivity index (χ3n) is 11.0. The van der Waals surface area contributed by atoms with Gasteiger partial charge in [0.05, 0.1) is 23.3 Å². The van der Waals surface area contributed by atoms with E-state index >= 15 is 0 Å². The summed E-state index contributed by atoms with van der Waals surface area (Å²) in [5.41, 5.74) is 5.67. The molecule has 7 nitrogen and oxygen atoms in total. The number of aliphatic hydroxyl groups is 1. The molecule has 214 valence electrons. The number of phenols is 1. The number of aromatic hydroxyl groups is 1. The fraction of sp³-hybridized carbons (Fsp3) is 0.400. The van der Waals surface area contributed by atoms with Crippen LogP contribution < -0.4 is 10.1 Å². The van der Waals surface area contributed by atoms with E-state index in [4.69, 9.17) is 4.74 Å². The first-order valence-electron chi connectivity index (χ1n) is 15.3. The Bertz CT molecular complexity index is 1810. The average Bonchev–Trinajstić information content (AvgIpc) is 3.65. The number of phenolic OH excluding ortho intramolecular Hbond substituents is 1. The van der Waals surface area contributed by atoms with Crippen molar-refractivity contribution < 1.29 is 19.7 Å². The normalized spacial score (nSPS) is 28.7. The van der Waals surface area contributed by atoms with E-state index in [1.165, 1.54) is 25.3 Å². The van der Waals surface area contributed by atoms with Crippen molar-refractivity contribution in [2.45, 2.75) is 68.7 Å². The maximum Gasteiger partial charge on any atom is 0.221 e. The number of nitrogens with one attached hydrogen (secondary N) is 1. The molecule has 3 N–H and O–H groups in total. The van der Waals surface area contributed by atoms with Gasteiger partial charge in [-0.3, -0.25) is 9.69 Å².